The van der Waals surface area contributed by atoms with Crippen molar-refractivity contribution in [2.45, 2.75) is 32.3 Å². The molecular weight excluding hydrogens is 392 g/mol. The number of nitrogens with zero attached hydrogens (tertiary/aromatic N) is 2. The molecule has 1 amide bonds. The fourth-order valence-corrected chi connectivity index (χ4v) is 2.78. The lowest BCUT2D eigenvalue weighted by Crippen LogP contribution is -2.40. The Labute approximate surface area is 174 Å². The number of Topliss-reactive ketones (excluding diaryl/α,β-unsaturated/α-hetero) is 1. The largest absolute Gasteiger partial charge is 0.453 e. The SMILES string of the molecule is C[C@H](OC(=O)CCC(=O)c1ccc(Cl)cc1)C(=O)N(CCC#N)c1ccccc1. The lowest BCUT2D eigenvalue weighted by atomic mass is 10.1. The van der Waals surface area contributed by atoms with Gasteiger partial charge in [0, 0.05) is 29.2 Å². The quantitative estimate of drug-likeness (QED) is 0.455. The van der Waals surface area contributed by atoms with Crippen LogP contribution in [0.15, 0.2) is 54.6 Å². The van der Waals surface area contributed by atoms with Gasteiger partial charge in [-0.25, -0.2) is 0 Å². The molecule has 0 fully saturated rings. The molecule has 0 radical (unpaired) electrons. The maximum atomic E-state index is 12.7. The molecule has 0 saturated carbocycles. The van der Waals surface area contributed by atoms with Crippen molar-refractivity contribution in [2.75, 3.05) is 11.4 Å². The van der Waals surface area contributed by atoms with Gasteiger partial charge in [-0.3, -0.25) is 14.4 Å². The van der Waals surface area contributed by atoms with Gasteiger partial charge in [-0.05, 0) is 43.3 Å². The summed E-state index contributed by atoms with van der Waals surface area (Å²) in [6.07, 6.45) is -1.05. The van der Waals surface area contributed by atoms with E-state index in [-0.39, 0.29) is 31.6 Å². The molecule has 0 saturated heterocycles. The molecule has 0 aliphatic carbocycles. The van der Waals surface area contributed by atoms with Gasteiger partial charge in [-0.15, -0.1) is 0 Å². The van der Waals surface area contributed by atoms with E-state index in [1.165, 1.54) is 11.8 Å². The molecule has 0 aliphatic rings. The molecule has 0 unspecified atom stereocenters. The Kier molecular flexibility index (Phi) is 8.38. The zero-order valence-electron chi connectivity index (χ0n) is 16.0. The summed E-state index contributed by atoms with van der Waals surface area (Å²) in [7, 11) is 0. The maximum Gasteiger partial charge on any atom is 0.307 e. The van der Waals surface area contributed by atoms with Crippen molar-refractivity contribution in [1.29, 1.82) is 5.26 Å². The lowest BCUT2D eigenvalue weighted by Gasteiger charge is -2.25. The third-order valence-corrected chi connectivity index (χ3v) is 4.41. The number of anilines is 1. The van der Waals surface area contributed by atoms with Crippen LogP contribution in [0, 0.1) is 11.3 Å². The lowest BCUT2D eigenvalue weighted by molar-refractivity contribution is -0.153. The average Bonchev–Trinajstić information content (AvgIpc) is 2.73. The average molecular weight is 413 g/mol. The van der Waals surface area contributed by atoms with Gasteiger partial charge >= 0.3 is 5.97 Å². The Morgan fingerprint density at radius 1 is 1.07 bits per heavy atom. The molecule has 0 spiro atoms. The monoisotopic (exact) mass is 412 g/mol. The number of amides is 1. The second kappa shape index (κ2) is 11.0. The zero-order chi connectivity index (χ0) is 21.2. The van der Waals surface area contributed by atoms with E-state index in [9.17, 15) is 14.4 Å². The molecule has 0 N–H and O–H groups in total. The molecule has 0 aromatic heterocycles. The third kappa shape index (κ3) is 6.74. The van der Waals surface area contributed by atoms with E-state index in [0.29, 0.717) is 16.3 Å². The van der Waals surface area contributed by atoms with E-state index < -0.39 is 18.0 Å². The Hall–Kier alpha value is -3.17. The third-order valence-electron chi connectivity index (χ3n) is 4.16. The molecule has 7 heteroatoms. The molecule has 2 rings (SSSR count). The smallest absolute Gasteiger partial charge is 0.307 e. The van der Waals surface area contributed by atoms with E-state index in [2.05, 4.69) is 0 Å². The number of hydrogen-bond acceptors (Lipinski definition) is 5. The van der Waals surface area contributed by atoms with Gasteiger partial charge in [-0.1, -0.05) is 29.8 Å². The Bertz CT molecular complexity index is 891. The van der Waals surface area contributed by atoms with E-state index in [1.807, 2.05) is 12.1 Å². The maximum absolute atomic E-state index is 12.7. The number of carbonyl (C=O) groups is 3. The number of benzene rings is 2. The van der Waals surface area contributed by atoms with Gasteiger partial charge in [0.15, 0.2) is 11.9 Å². The summed E-state index contributed by atoms with van der Waals surface area (Å²) in [5.41, 5.74) is 1.08. The van der Waals surface area contributed by atoms with Gasteiger partial charge in [0.2, 0.25) is 0 Å². The minimum Gasteiger partial charge on any atom is -0.453 e. The van der Waals surface area contributed by atoms with Gasteiger partial charge in [0.25, 0.3) is 5.91 Å². The van der Waals surface area contributed by atoms with Crippen LogP contribution in [0.1, 0.15) is 36.5 Å². The molecule has 1 atom stereocenters. The molecule has 29 heavy (non-hydrogen) atoms. The Morgan fingerprint density at radius 3 is 2.34 bits per heavy atom. The molecule has 0 heterocycles. The molecular formula is C22H21ClN2O4. The van der Waals surface area contributed by atoms with E-state index in [0.717, 1.165) is 0 Å². The van der Waals surface area contributed by atoms with Crippen LogP contribution < -0.4 is 4.90 Å². The number of hydrogen-bond donors (Lipinski definition) is 0. The topological polar surface area (TPSA) is 87.5 Å². The molecule has 0 aliphatic heterocycles. The molecule has 2 aromatic rings. The highest BCUT2D eigenvalue weighted by Gasteiger charge is 2.25. The Morgan fingerprint density at radius 2 is 1.72 bits per heavy atom. The fraction of sp³-hybridized carbons (Fsp3) is 0.273. The standard InChI is InChI=1S/C22H21ClN2O4/c1-16(22(28)25(15-5-14-24)19-6-3-2-4-7-19)29-21(27)13-12-20(26)17-8-10-18(23)11-9-17/h2-4,6-11,16H,5,12-13,15H2,1H3/t16-/m0/s1. The van der Waals surface area contributed by atoms with Crippen LogP contribution in [0.2, 0.25) is 5.02 Å². The number of ether oxygens (including phenoxy) is 1. The van der Waals surface area contributed by atoms with E-state index >= 15 is 0 Å². The number of para-hydroxylation sites is 1. The first-order valence-electron chi connectivity index (χ1n) is 9.14. The van der Waals surface area contributed by atoms with Crippen molar-refractivity contribution >= 4 is 34.9 Å². The highest BCUT2D eigenvalue weighted by molar-refractivity contribution is 6.30. The molecule has 0 bridgehead atoms. The molecule has 6 nitrogen and oxygen atoms in total. The fourth-order valence-electron chi connectivity index (χ4n) is 2.66. The highest BCUT2D eigenvalue weighted by atomic mass is 35.5. The number of rotatable bonds is 9. The van der Waals surface area contributed by atoms with Crippen LogP contribution in [-0.4, -0.2) is 30.3 Å². The first-order valence-corrected chi connectivity index (χ1v) is 9.51. The van der Waals surface area contributed by atoms with Crippen LogP contribution >= 0.6 is 11.6 Å². The minimum absolute atomic E-state index is 0.0296. The first kappa shape index (κ1) is 22.1. The predicted molar refractivity (Wildman–Crippen MR) is 110 cm³/mol. The molecule has 150 valence electrons. The number of ketones is 1. The van der Waals surface area contributed by atoms with E-state index in [4.69, 9.17) is 21.6 Å². The second-order valence-electron chi connectivity index (χ2n) is 6.30. The number of nitriles is 1. The van der Waals surface area contributed by atoms with Crippen molar-refractivity contribution in [3.63, 3.8) is 0 Å². The number of halogens is 1. The van der Waals surface area contributed by atoms with Crippen molar-refractivity contribution in [3.8, 4) is 6.07 Å². The van der Waals surface area contributed by atoms with Gasteiger partial charge < -0.3 is 9.64 Å². The van der Waals surface area contributed by atoms with Gasteiger partial charge in [0.05, 0.1) is 18.9 Å². The summed E-state index contributed by atoms with van der Waals surface area (Å²) >= 11 is 5.79. The second-order valence-corrected chi connectivity index (χ2v) is 6.73. The minimum atomic E-state index is -1.04. The van der Waals surface area contributed by atoms with E-state index in [1.54, 1.807) is 48.5 Å². The van der Waals surface area contributed by atoms with Crippen LogP contribution in [0.4, 0.5) is 5.69 Å². The number of carbonyl (C=O) groups excluding carboxylic acids is 3. The number of esters is 1. The normalized spacial score (nSPS) is 11.2. The predicted octanol–water partition coefficient (Wildman–Crippen LogP) is 4.18. The summed E-state index contributed by atoms with van der Waals surface area (Å²) < 4.78 is 5.21. The van der Waals surface area contributed by atoms with Crippen molar-refractivity contribution in [2.24, 2.45) is 0 Å². The summed E-state index contributed by atoms with van der Waals surface area (Å²) in [5.74, 6) is -1.28. The van der Waals surface area contributed by atoms with Crippen molar-refractivity contribution in [3.05, 3.63) is 65.2 Å². The Balaban J connectivity index is 1.92. The molecule has 2 aromatic carbocycles. The van der Waals surface area contributed by atoms with Crippen LogP contribution in [0.3, 0.4) is 0 Å². The summed E-state index contributed by atoms with van der Waals surface area (Å²) in [4.78, 5) is 38.4. The van der Waals surface area contributed by atoms with Crippen LogP contribution in [0.25, 0.3) is 0 Å². The van der Waals surface area contributed by atoms with Crippen molar-refractivity contribution in [1.82, 2.24) is 0 Å². The van der Waals surface area contributed by atoms with Crippen molar-refractivity contribution < 1.29 is 19.1 Å². The summed E-state index contributed by atoms with van der Waals surface area (Å²) in [6.45, 7) is 1.67. The van der Waals surface area contributed by atoms with Crippen LogP contribution in [0.5, 0.6) is 0 Å². The summed E-state index contributed by atoms with van der Waals surface area (Å²) in [5, 5.41) is 9.37. The van der Waals surface area contributed by atoms with Crippen LogP contribution in [-0.2, 0) is 14.3 Å². The van der Waals surface area contributed by atoms with Gasteiger partial charge in [-0.2, -0.15) is 5.26 Å². The first-order chi connectivity index (χ1) is 13.9. The summed E-state index contributed by atoms with van der Waals surface area (Å²) in [6, 6.07) is 17.3. The highest BCUT2D eigenvalue weighted by Crippen LogP contribution is 2.17. The van der Waals surface area contributed by atoms with Gasteiger partial charge in [0.1, 0.15) is 0 Å². The zero-order valence-corrected chi connectivity index (χ0v) is 16.8.